The van der Waals surface area contributed by atoms with E-state index in [4.69, 9.17) is 4.74 Å². The molecule has 4 rings (SSSR count). The number of hydrogen-bond donors (Lipinski definition) is 0. The van der Waals surface area contributed by atoms with Crippen LogP contribution >= 0.6 is 0 Å². The van der Waals surface area contributed by atoms with Crippen LogP contribution in [0.15, 0.2) is 47.1 Å². The molecule has 42 heavy (non-hydrogen) atoms. The zero-order valence-corrected chi connectivity index (χ0v) is 29.2. The van der Waals surface area contributed by atoms with E-state index in [1.54, 1.807) is 26.2 Å². The van der Waals surface area contributed by atoms with Crippen LogP contribution in [0, 0.1) is 5.92 Å². The van der Waals surface area contributed by atoms with E-state index in [0.29, 0.717) is 24.4 Å². The number of hydrogen-bond acceptors (Lipinski definition) is 5. The molecule has 8 heteroatoms. The third kappa shape index (κ3) is 7.79. The predicted molar refractivity (Wildman–Crippen MR) is 171 cm³/mol. The maximum Gasteiger partial charge on any atom is 0.242 e. The van der Waals surface area contributed by atoms with Gasteiger partial charge in [-0.05, 0) is 72.4 Å². The minimum absolute atomic E-state index is 0. The van der Waals surface area contributed by atoms with Gasteiger partial charge in [-0.2, -0.15) is 0 Å². The summed E-state index contributed by atoms with van der Waals surface area (Å²) in [5, 5.41) is 0. The van der Waals surface area contributed by atoms with Crippen molar-refractivity contribution in [2.24, 2.45) is 5.92 Å². The zero-order chi connectivity index (χ0) is 29.7. The van der Waals surface area contributed by atoms with Crippen molar-refractivity contribution in [3.05, 3.63) is 58.9 Å². The summed E-state index contributed by atoms with van der Waals surface area (Å²) in [6, 6.07) is 12.0. The summed E-state index contributed by atoms with van der Waals surface area (Å²) in [5.41, 5.74) is 4.83. The Kier molecular flexibility index (Phi) is 12.5. The summed E-state index contributed by atoms with van der Waals surface area (Å²) in [6.45, 7) is 14.6. The first-order valence-electron chi connectivity index (χ1n) is 15.6. The van der Waals surface area contributed by atoms with Gasteiger partial charge in [0, 0.05) is 64.5 Å². The van der Waals surface area contributed by atoms with Crippen LogP contribution in [-0.4, -0.2) is 58.0 Å². The molecular formula is C34H51N3O3RuS. The molecule has 1 aliphatic carbocycles. The molecule has 0 spiro atoms. The second-order valence-corrected chi connectivity index (χ2v) is 14.7. The second kappa shape index (κ2) is 15.2. The fraction of sp³-hybridized carbons (Fsp3) is 0.588. The Morgan fingerprint density at radius 1 is 0.976 bits per heavy atom. The van der Waals surface area contributed by atoms with Crippen molar-refractivity contribution in [3.8, 4) is 5.75 Å². The van der Waals surface area contributed by atoms with Gasteiger partial charge < -0.3 is 14.5 Å². The molecule has 234 valence electrons. The van der Waals surface area contributed by atoms with E-state index < -0.39 is 10.0 Å². The van der Waals surface area contributed by atoms with Crippen LogP contribution in [-0.2, 0) is 29.5 Å². The first kappa shape index (κ1) is 34.6. The third-order valence-corrected chi connectivity index (χ3v) is 10.3. The summed E-state index contributed by atoms with van der Waals surface area (Å²) < 4.78 is 33.7. The summed E-state index contributed by atoms with van der Waals surface area (Å²) in [4.78, 5) is 5.34. The fourth-order valence-corrected chi connectivity index (χ4v) is 7.14. The van der Waals surface area contributed by atoms with Gasteiger partial charge in [-0.15, -0.1) is 0 Å². The summed E-state index contributed by atoms with van der Waals surface area (Å²) in [7, 11) is -0.428. The molecule has 0 bridgehead atoms. The van der Waals surface area contributed by atoms with Crippen molar-refractivity contribution in [2.45, 2.75) is 89.9 Å². The zero-order valence-electron chi connectivity index (χ0n) is 26.7. The molecular weight excluding hydrogens is 632 g/mol. The Labute approximate surface area is 268 Å². The SMILES string of the molecule is CCCOc1ccc(S(=O)(=O)N(C)C)cc1C=C1N(CC2CCCCC2)CCN1c1c(C(C)C)cccc1C(C)C.[Ru]. The van der Waals surface area contributed by atoms with Crippen LogP contribution in [0.1, 0.15) is 102 Å². The van der Waals surface area contributed by atoms with Gasteiger partial charge in [0.05, 0.1) is 11.5 Å². The normalized spacial score (nSPS) is 17.5. The quantitative estimate of drug-likeness (QED) is 0.228. The number of anilines is 1. The maximum atomic E-state index is 13.1. The van der Waals surface area contributed by atoms with E-state index in [-0.39, 0.29) is 24.4 Å². The molecule has 2 fully saturated rings. The molecule has 0 N–H and O–H groups in total. The van der Waals surface area contributed by atoms with Gasteiger partial charge >= 0.3 is 0 Å². The number of benzene rings is 2. The van der Waals surface area contributed by atoms with Gasteiger partial charge in [0.25, 0.3) is 0 Å². The Morgan fingerprint density at radius 2 is 1.62 bits per heavy atom. The summed E-state index contributed by atoms with van der Waals surface area (Å²) in [5.74, 6) is 3.33. The average molecular weight is 683 g/mol. The van der Waals surface area contributed by atoms with Crippen molar-refractivity contribution in [3.63, 3.8) is 0 Å². The maximum absolute atomic E-state index is 13.1. The van der Waals surface area contributed by atoms with Gasteiger partial charge in [0.1, 0.15) is 11.6 Å². The Hall–Kier alpha value is -1.89. The van der Waals surface area contributed by atoms with Gasteiger partial charge in [0.15, 0.2) is 0 Å². The fourth-order valence-electron chi connectivity index (χ4n) is 6.20. The molecule has 1 aliphatic heterocycles. The first-order chi connectivity index (χ1) is 19.5. The minimum atomic E-state index is -3.59. The molecule has 1 heterocycles. The Bertz CT molecular complexity index is 1290. The topological polar surface area (TPSA) is 53.1 Å². The van der Waals surface area contributed by atoms with Crippen LogP contribution in [0.2, 0.25) is 0 Å². The van der Waals surface area contributed by atoms with Crippen LogP contribution in [0.4, 0.5) is 5.69 Å². The molecule has 0 unspecified atom stereocenters. The van der Waals surface area contributed by atoms with Gasteiger partial charge in [-0.3, -0.25) is 0 Å². The van der Waals surface area contributed by atoms with E-state index in [1.165, 1.54) is 53.2 Å². The summed E-state index contributed by atoms with van der Waals surface area (Å²) in [6.07, 6.45) is 9.61. The van der Waals surface area contributed by atoms with E-state index in [0.717, 1.165) is 43.2 Å². The number of sulfonamides is 1. The van der Waals surface area contributed by atoms with Crippen molar-refractivity contribution in [2.75, 3.05) is 45.2 Å². The first-order valence-corrected chi connectivity index (χ1v) is 17.0. The monoisotopic (exact) mass is 683 g/mol. The molecule has 0 atom stereocenters. The van der Waals surface area contributed by atoms with Crippen molar-refractivity contribution < 1.29 is 32.6 Å². The molecule has 1 saturated carbocycles. The van der Waals surface area contributed by atoms with Crippen LogP contribution in [0.3, 0.4) is 0 Å². The van der Waals surface area contributed by atoms with Crippen molar-refractivity contribution in [1.29, 1.82) is 0 Å². The van der Waals surface area contributed by atoms with Gasteiger partial charge in [-0.1, -0.05) is 72.1 Å². The average Bonchev–Trinajstić information content (AvgIpc) is 3.33. The largest absolute Gasteiger partial charge is 0.493 e. The number of ether oxygens (including phenoxy) is 1. The predicted octanol–water partition coefficient (Wildman–Crippen LogP) is 7.67. The molecule has 0 amide bonds. The van der Waals surface area contributed by atoms with Crippen molar-refractivity contribution >= 4 is 21.8 Å². The number of rotatable bonds is 11. The molecule has 2 aromatic carbocycles. The Morgan fingerprint density at radius 3 is 2.19 bits per heavy atom. The van der Waals surface area contributed by atoms with E-state index in [9.17, 15) is 8.42 Å². The van der Waals surface area contributed by atoms with E-state index >= 15 is 0 Å². The molecule has 0 radical (unpaired) electrons. The van der Waals surface area contributed by atoms with Crippen LogP contribution < -0.4 is 9.64 Å². The Balaban J connectivity index is 0.00000484. The molecule has 0 aromatic heterocycles. The minimum Gasteiger partial charge on any atom is -0.493 e. The number of nitrogens with zero attached hydrogens (tertiary/aromatic N) is 3. The van der Waals surface area contributed by atoms with Gasteiger partial charge in [-0.25, -0.2) is 12.7 Å². The molecule has 1 saturated heterocycles. The van der Waals surface area contributed by atoms with E-state index in [1.807, 2.05) is 6.07 Å². The van der Waals surface area contributed by atoms with E-state index in [2.05, 4.69) is 68.7 Å². The van der Waals surface area contributed by atoms with Crippen LogP contribution in [0.5, 0.6) is 5.75 Å². The molecule has 6 nitrogen and oxygen atoms in total. The smallest absolute Gasteiger partial charge is 0.242 e. The molecule has 2 aromatic rings. The summed E-state index contributed by atoms with van der Waals surface area (Å²) >= 11 is 0. The van der Waals surface area contributed by atoms with Crippen molar-refractivity contribution in [1.82, 2.24) is 9.21 Å². The third-order valence-electron chi connectivity index (χ3n) is 8.52. The standard InChI is InChI=1S/C34H51N3O3S.Ru/c1-8-21-40-32-18-17-29(41(38,39)35(6)7)22-28(32)23-33-36(24-27-13-10-9-11-14-27)19-20-37(33)34-30(25(2)3)15-12-16-31(34)26(4)5;/h12,15-18,22-23,25-27H,8-11,13-14,19-21,24H2,1-7H3;. The number of para-hydroxylation sites is 1. The molecule has 2 aliphatic rings. The van der Waals surface area contributed by atoms with Crippen LogP contribution in [0.25, 0.3) is 6.08 Å². The van der Waals surface area contributed by atoms with Gasteiger partial charge in [0.2, 0.25) is 10.0 Å². The second-order valence-electron chi connectivity index (χ2n) is 12.5.